The van der Waals surface area contributed by atoms with Crippen LogP contribution in [0.1, 0.15) is 15.2 Å². The monoisotopic (exact) mass is 310 g/mol. The molecule has 2 heterocycles. The number of methoxy groups -OCH3 is 1. The smallest absolute Gasteiger partial charge is 0.265 e. The highest BCUT2D eigenvalue weighted by Crippen LogP contribution is 2.24. The van der Waals surface area contributed by atoms with Crippen molar-refractivity contribution in [3.63, 3.8) is 0 Å². The van der Waals surface area contributed by atoms with Gasteiger partial charge in [-0.15, -0.1) is 0 Å². The minimum atomic E-state index is -0.242. The maximum absolute atomic E-state index is 12.1. The van der Waals surface area contributed by atoms with Crippen molar-refractivity contribution in [3.05, 3.63) is 22.8 Å². The second-order valence-electron chi connectivity index (χ2n) is 4.36. The van der Waals surface area contributed by atoms with Gasteiger partial charge in [0.05, 0.1) is 12.8 Å². The number of aryl methyl sites for hydroxylation is 1. The van der Waals surface area contributed by atoms with Gasteiger partial charge < -0.3 is 21.1 Å². The Hall–Kier alpha value is -2.13. The van der Waals surface area contributed by atoms with Crippen LogP contribution in [0.15, 0.2) is 12.4 Å². The highest BCUT2D eigenvalue weighted by Gasteiger charge is 2.16. The van der Waals surface area contributed by atoms with Gasteiger partial charge in [-0.25, -0.2) is 4.98 Å². The molecule has 114 valence electrons. The fourth-order valence-electron chi connectivity index (χ4n) is 1.66. The summed E-state index contributed by atoms with van der Waals surface area (Å²) in [6.07, 6.45) is 3.54. The number of thiazole rings is 1. The molecule has 0 atom stereocenters. The molecule has 8 nitrogen and oxygen atoms in total. The molecule has 0 saturated heterocycles. The van der Waals surface area contributed by atoms with Crippen LogP contribution in [-0.2, 0) is 18.3 Å². The van der Waals surface area contributed by atoms with Crippen molar-refractivity contribution in [1.29, 1.82) is 0 Å². The number of nitrogens with two attached hydrogens (primary N) is 1. The first kappa shape index (κ1) is 15.3. The van der Waals surface area contributed by atoms with E-state index in [-0.39, 0.29) is 11.7 Å². The highest BCUT2D eigenvalue weighted by atomic mass is 32.1. The third-order valence-corrected chi connectivity index (χ3v) is 3.68. The number of nitrogens with zero attached hydrogens (tertiary/aromatic N) is 3. The molecule has 4 N–H and O–H groups in total. The summed E-state index contributed by atoms with van der Waals surface area (Å²) in [5, 5.41) is 10.5. The molecule has 9 heteroatoms. The fourth-order valence-corrected chi connectivity index (χ4v) is 2.48. The zero-order valence-corrected chi connectivity index (χ0v) is 12.7. The Balaban J connectivity index is 1.92. The predicted molar refractivity (Wildman–Crippen MR) is 81.3 cm³/mol. The van der Waals surface area contributed by atoms with E-state index in [1.807, 2.05) is 13.2 Å². The van der Waals surface area contributed by atoms with Gasteiger partial charge in [0.15, 0.2) is 5.13 Å². The van der Waals surface area contributed by atoms with E-state index in [1.54, 1.807) is 18.0 Å². The van der Waals surface area contributed by atoms with Gasteiger partial charge >= 0.3 is 0 Å². The molecule has 0 spiro atoms. The topological polar surface area (TPSA) is 107 Å². The quantitative estimate of drug-likeness (QED) is 0.641. The molecule has 0 fully saturated rings. The van der Waals surface area contributed by atoms with Crippen LogP contribution in [-0.4, -0.2) is 40.9 Å². The Bertz CT molecular complexity index is 609. The number of anilines is 2. The summed E-state index contributed by atoms with van der Waals surface area (Å²) in [5.41, 5.74) is 6.69. The molecule has 0 aliphatic heterocycles. The van der Waals surface area contributed by atoms with Crippen molar-refractivity contribution in [2.75, 3.05) is 31.3 Å². The minimum Gasteiger partial charge on any atom is -0.383 e. The number of carbonyl (C=O) groups excluding carboxylic acids is 1. The Morgan fingerprint density at radius 2 is 2.38 bits per heavy atom. The molecule has 0 bridgehead atoms. The van der Waals surface area contributed by atoms with E-state index in [2.05, 4.69) is 20.7 Å². The van der Waals surface area contributed by atoms with Crippen LogP contribution in [0.25, 0.3) is 0 Å². The predicted octanol–water partition coefficient (Wildman–Crippen LogP) is 0.447. The van der Waals surface area contributed by atoms with Crippen molar-refractivity contribution in [2.45, 2.75) is 6.54 Å². The summed E-state index contributed by atoms with van der Waals surface area (Å²) in [6.45, 7) is 1.57. The first-order valence-corrected chi connectivity index (χ1v) is 7.16. The molecule has 0 saturated carbocycles. The molecule has 0 unspecified atom stereocenters. The van der Waals surface area contributed by atoms with E-state index in [0.717, 1.165) is 5.56 Å². The Morgan fingerprint density at radius 3 is 3.05 bits per heavy atom. The molecule has 2 aromatic rings. The van der Waals surface area contributed by atoms with Crippen LogP contribution in [0.2, 0.25) is 0 Å². The summed E-state index contributed by atoms with van der Waals surface area (Å²) < 4.78 is 6.61. The van der Waals surface area contributed by atoms with Gasteiger partial charge in [0.1, 0.15) is 10.7 Å². The first-order chi connectivity index (χ1) is 10.1. The van der Waals surface area contributed by atoms with Gasteiger partial charge in [-0.1, -0.05) is 11.3 Å². The van der Waals surface area contributed by atoms with E-state index in [0.29, 0.717) is 29.7 Å². The number of hydrogen-bond acceptors (Lipinski definition) is 7. The fraction of sp³-hybridized carbons (Fsp3) is 0.417. The lowest BCUT2D eigenvalue weighted by Gasteiger charge is -2.01. The molecular formula is C12H18N6O2S. The standard InChI is InChI=1S/C12H18N6O2S/c1-18-7-8(6-16-18)5-15-11(19)9-10(13)17-12(21-9)14-3-4-20-2/h6-7H,3-5,13H2,1-2H3,(H,14,17)(H,15,19). The van der Waals surface area contributed by atoms with Crippen LogP contribution in [0.5, 0.6) is 0 Å². The van der Waals surface area contributed by atoms with Crippen LogP contribution >= 0.6 is 11.3 Å². The zero-order chi connectivity index (χ0) is 15.2. The minimum absolute atomic E-state index is 0.226. The van der Waals surface area contributed by atoms with Crippen molar-refractivity contribution in [3.8, 4) is 0 Å². The number of ether oxygens (including phenoxy) is 1. The summed E-state index contributed by atoms with van der Waals surface area (Å²) in [7, 11) is 3.44. The second-order valence-corrected chi connectivity index (χ2v) is 5.36. The third-order valence-electron chi connectivity index (χ3n) is 2.65. The van der Waals surface area contributed by atoms with Crippen molar-refractivity contribution >= 4 is 28.2 Å². The normalized spacial score (nSPS) is 10.6. The maximum atomic E-state index is 12.1. The molecule has 1 amide bonds. The van der Waals surface area contributed by atoms with Gasteiger partial charge in [-0.05, 0) is 0 Å². The van der Waals surface area contributed by atoms with E-state index in [1.165, 1.54) is 11.3 Å². The number of hydrogen-bond donors (Lipinski definition) is 3. The lowest BCUT2D eigenvalue weighted by Crippen LogP contribution is -2.22. The molecule has 2 rings (SSSR count). The van der Waals surface area contributed by atoms with Gasteiger partial charge in [-0.3, -0.25) is 9.48 Å². The molecule has 0 aromatic carbocycles. The summed E-state index contributed by atoms with van der Waals surface area (Å²) in [6, 6.07) is 0. The van der Waals surface area contributed by atoms with E-state index in [9.17, 15) is 4.79 Å². The Labute approximate surface area is 126 Å². The van der Waals surface area contributed by atoms with Crippen molar-refractivity contribution in [2.24, 2.45) is 7.05 Å². The largest absolute Gasteiger partial charge is 0.383 e. The van der Waals surface area contributed by atoms with E-state index in [4.69, 9.17) is 10.5 Å². The highest BCUT2D eigenvalue weighted by molar-refractivity contribution is 7.18. The van der Waals surface area contributed by atoms with E-state index >= 15 is 0 Å². The Kier molecular flexibility index (Phi) is 5.12. The number of nitrogens with one attached hydrogen (secondary N) is 2. The molecule has 21 heavy (non-hydrogen) atoms. The van der Waals surface area contributed by atoms with Crippen LogP contribution in [0, 0.1) is 0 Å². The van der Waals surface area contributed by atoms with Gasteiger partial charge in [0.2, 0.25) is 0 Å². The molecule has 0 aliphatic rings. The average molecular weight is 310 g/mol. The number of aromatic nitrogens is 3. The second kappa shape index (κ2) is 7.04. The van der Waals surface area contributed by atoms with Crippen LogP contribution in [0.3, 0.4) is 0 Å². The number of rotatable bonds is 7. The van der Waals surface area contributed by atoms with Crippen LogP contribution in [0.4, 0.5) is 10.9 Å². The number of amides is 1. The first-order valence-electron chi connectivity index (χ1n) is 6.35. The lowest BCUT2D eigenvalue weighted by atomic mass is 10.3. The Morgan fingerprint density at radius 1 is 1.57 bits per heavy atom. The van der Waals surface area contributed by atoms with Gasteiger partial charge in [0.25, 0.3) is 5.91 Å². The molecular weight excluding hydrogens is 292 g/mol. The summed E-state index contributed by atoms with van der Waals surface area (Å²) in [5.74, 6) is -0.0164. The number of nitrogen functional groups attached to an aromatic ring is 1. The van der Waals surface area contributed by atoms with Crippen molar-refractivity contribution < 1.29 is 9.53 Å². The maximum Gasteiger partial charge on any atom is 0.265 e. The average Bonchev–Trinajstić information content (AvgIpc) is 3.03. The molecule has 0 radical (unpaired) electrons. The number of carbonyl (C=O) groups is 1. The van der Waals surface area contributed by atoms with E-state index < -0.39 is 0 Å². The zero-order valence-electron chi connectivity index (χ0n) is 11.9. The lowest BCUT2D eigenvalue weighted by molar-refractivity contribution is 0.0955. The SMILES string of the molecule is COCCNc1nc(N)c(C(=O)NCc2cnn(C)c2)s1. The van der Waals surface area contributed by atoms with Crippen molar-refractivity contribution in [1.82, 2.24) is 20.1 Å². The van der Waals surface area contributed by atoms with Gasteiger partial charge in [0, 0.05) is 39.0 Å². The molecule has 2 aromatic heterocycles. The molecule has 0 aliphatic carbocycles. The summed E-state index contributed by atoms with van der Waals surface area (Å²) >= 11 is 1.22. The van der Waals surface area contributed by atoms with Crippen LogP contribution < -0.4 is 16.4 Å². The van der Waals surface area contributed by atoms with Gasteiger partial charge in [-0.2, -0.15) is 5.10 Å². The summed E-state index contributed by atoms with van der Waals surface area (Å²) in [4.78, 5) is 16.6. The third kappa shape index (κ3) is 4.17.